The predicted octanol–water partition coefficient (Wildman–Crippen LogP) is 3.78. The lowest BCUT2D eigenvalue weighted by Gasteiger charge is -2.09. The van der Waals surface area contributed by atoms with Crippen molar-refractivity contribution in [3.05, 3.63) is 46.7 Å². The summed E-state index contributed by atoms with van der Waals surface area (Å²) in [4.78, 5) is 1.32. The number of nitrogens with one attached hydrogen (secondary N) is 1. The van der Waals surface area contributed by atoms with Crippen molar-refractivity contribution in [1.82, 2.24) is 0 Å². The number of ether oxygens (including phenoxy) is 2. The van der Waals surface area contributed by atoms with Gasteiger partial charge in [0.15, 0.2) is 0 Å². The molecule has 0 aliphatic rings. The molecule has 0 spiro atoms. The molecular weight excluding hydrogens is 258 g/mol. The molecular formula is C15H19NO2S. The van der Waals surface area contributed by atoms with Crippen LogP contribution in [0.4, 0.5) is 5.69 Å². The normalized spacial score (nSPS) is 10.4. The van der Waals surface area contributed by atoms with Gasteiger partial charge in [-0.1, -0.05) is 12.1 Å². The third kappa shape index (κ3) is 4.93. The van der Waals surface area contributed by atoms with Gasteiger partial charge in [0.2, 0.25) is 0 Å². The van der Waals surface area contributed by atoms with Gasteiger partial charge in [-0.2, -0.15) is 0 Å². The van der Waals surface area contributed by atoms with Crippen LogP contribution in [0.3, 0.4) is 0 Å². The molecule has 1 aromatic heterocycles. The molecule has 4 heteroatoms. The van der Waals surface area contributed by atoms with Crippen molar-refractivity contribution in [1.29, 1.82) is 0 Å². The van der Waals surface area contributed by atoms with Crippen LogP contribution in [0.2, 0.25) is 0 Å². The lowest BCUT2D eigenvalue weighted by molar-refractivity contribution is 0.110. The van der Waals surface area contributed by atoms with Gasteiger partial charge in [0.25, 0.3) is 0 Å². The van der Waals surface area contributed by atoms with Crippen LogP contribution in [0, 0.1) is 0 Å². The average molecular weight is 277 g/mol. The number of hydrogen-bond donors (Lipinski definition) is 1. The fourth-order valence-corrected chi connectivity index (χ4v) is 2.31. The third-order valence-electron chi connectivity index (χ3n) is 2.58. The van der Waals surface area contributed by atoms with Crippen LogP contribution >= 0.6 is 11.3 Å². The first-order chi connectivity index (χ1) is 9.38. The molecule has 1 N–H and O–H groups in total. The number of anilines is 1. The molecule has 0 saturated carbocycles. The zero-order chi connectivity index (χ0) is 13.3. The van der Waals surface area contributed by atoms with Crippen molar-refractivity contribution in [3.8, 4) is 5.75 Å². The molecule has 2 rings (SSSR count). The summed E-state index contributed by atoms with van der Waals surface area (Å²) in [5.74, 6) is 0.871. The molecule has 2 aromatic rings. The summed E-state index contributed by atoms with van der Waals surface area (Å²) in [6, 6.07) is 12.2. The lowest BCUT2D eigenvalue weighted by atomic mass is 10.3. The van der Waals surface area contributed by atoms with Gasteiger partial charge in [-0.05, 0) is 30.5 Å². The third-order valence-corrected chi connectivity index (χ3v) is 3.46. The molecule has 0 amide bonds. The van der Waals surface area contributed by atoms with Crippen molar-refractivity contribution in [2.24, 2.45) is 0 Å². The highest BCUT2D eigenvalue weighted by Crippen LogP contribution is 2.19. The van der Waals surface area contributed by atoms with Crippen molar-refractivity contribution < 1.29 is 9.47 Å². The predicted molar refractivity (Wildman–Crippen MR) is 80.1 cm³/mol. The topological polar surface area (TPSA) is 30.5 Å². The highest BCUT2D eigenvalue weighted by molar-refractivity contribution is 7.09. The maximum Gasteiger partial charge on any atom is 0.121 e. The van der Waals surface area contributed by atoms with E-state index in [1.54, 1.807) is 11.3 Å². The van der Waals surface area contributed by atoms with E-state index in [9.17, 15) is 0 Å². The molecule has 102 valence electrons. The van der Waals surface area contributed by atoms with Gasteiger partial charge in [0.05, 0.1) is 6.61 Å². The quantitative estimate of drug-likeness (QED) is 0.745. The Morgan fingerprint density at radius 1 is 1.16 bits per heavy atom. The van der Waals surface area contributed by atoms with E-state index < -0.39 is 0 Å². The molecule has 0 aliphatic heterocycles. The summed E-state index contributed by atoms with van der Waals surface area (Å²) in [6.07, 6.45) is 0. The van der Waals surface area contributed by atoms with Gasteiger partial charge < -0.3 is 14.8 Å². The van der Waals surface area contributed by atoms with E-state index in [0.717, 1.165) is 24.6 Å². The van der Waals surface area contributed by atoms with E-state index in [2.05, 4.69) is 22.8 Å². The van der Waals surface area contributed by atoms with Gasteiger partial charge in [0.1, 0.15) is 12.4 Å². The first-order valence-corrected chi connectivity index (χ1v) is 7.33. The van der Waals surface area contributed by atoms with Crippen LogP contribution in [0.25, 0.3) is 0 Å². The second kappa shape index (κ2) is 7.81. The Bertz CT molecular complexity index is 471. The Morgan fingerprint density at radius 2 is 2.11 bits per heavy atom. The van der Waals surface area contributed by atoms with Crippen LogP contribution < -0.4 is 10.1 Å². The molecule has 19 heavy (non-hydrogen) atoms. The Morgan fingerprint density at radius 3 is 2.89 bits per heavy atom. The average Bonchev–Trinajstić information content (AvgIpc) is 2.95. The number of thiophene rings is 1. The first-order valence-electron chi connectivity index (χ1n) is 6.45. The van der Waals surface area contributed by atoms with E-state index in [0.29, 0.717) is 13.2 Å². The summed E-state index contributed by atoms with van der Waals surface area (Å²) >= 11 is 1.76. The number of hydrogen-bond acceptors (Lipinski definition) is 4. The zero-order valence-corrected chi connectivity index (χ0v) is 11.9. The molecule has 0 saturated heterocycles. The fraction of sp³-hybridized carbons (Fsp3) is 0.333. The smallest absolute Gasteiger partial charge is 0.121 e. The van der Waals surface area contributed by atoms with Crippen molar-refractivity contribution in [2.45, 2.75) is 13.5 Å². The molecule has 0 atom stereocenters. The Kier molecular flexibility index (Phi) is 5.72. The minimum absolute atomic E-state index is 0.586. The molecule has 0 bridgehead atoms. The SMILES string of the molecule is CCOCCOc1cccc(NCc2cccs2)c1. The Balaban J connectivity index is 1.81. The minimum atomic E-state index is 0.586. The Labute approximate surface area is 118 Å². The van der Waals surface area contributed by atoms with Crippen LogP contribution in [0.5, 0.6) is 5.75 Å². The monoisotopic (exact) mass is 277 g/mol. The van der Waals surface area contributed by atoms with Gasteiger partial charge in [-0.3, -0.25) is 0 Å². The minimum Gasteiger partial charge on any atom is -0.491 e. The van der Waals surface area contributed by atoms with Crippen molar-refractivity contribution in [3.63, 3.8) is 0 Å². The summed E-state index contributed by atoms with van der Waals surface area (Å²) in [6.45, 7) is 4.77. The lowest BCUT2D eigenvalue weighted by Crippen LogP contribution is -2.06. The summed E-state index contributed by atoms with van der Waals surface area (Å²) in [7, 11) is 0. The second-order valence-corrected chi connectivity index (χ2v) is 5.04. The maximum atomic E-state index is 5.62. The van der Waals surface area contributed by atoms with Gasteiger partial charge in [0, 0.05) is 29.8 Å². The van der Waals surface area contributed by atoms with Crippen LogP contribution in [-0.4, -0.2) is 19.8 Å². The Hall–Kier alpha value is -1.52. The summed E-state index contributed by atoms with van der Waals surface area (Å²) < 4.78 is 10.9. The highest BCUT2D eigenvalue weighted by Gasteiger charge is 1.98. The van der Waals surface area contributed by atoms with Crippen molar-refractivity contribution in [2.75, 3.05) is 25.1 Å². The second-order valence-electron chi connectivity index (χ2n) is 4.01. The van der Waals surface area contributed by atoms with E-state index in [4.69, 9.17) is 9.47 Å². The molecule has 1 heterocycles. The van der Waals surface area contributed by atoms with Gasteiger partial charge >= 0.3 is 0 Å². The number of benzene rings is 1. The highest BCUT2D eigenvalue weighted by atomic mass is 32.1. The summed E-state index contributed by atoms with van der Waals surface area (Å²) in [5, 5.41) is 5.48. The van der Waals surface area contributed by atoms with Crippen molar-refractivity contribution >= 4 is 17.0 Å². The van der Waals surface area contributed by atoms with Crippen LogP contribution in [0.1, 0.15) is 11.8 Å². The van der Waals surface area contributed by atoms with Gasteiger partial charge in [-0.15, -0.1) is 11.3 Å². The first kappa shape index (κ1) is 13.9. The van der Waals surface area contributed by atoms with Gasteiger partial charge in [-0.25, -0.2) is 0 Å². The molecule has 0 aliphatic carbocycles. The maximum absolute atomic E-state index is 5.62. The standard InChI is InChI=1S/C15H19NO2S/c1-2-17-8-9-18-14-6-3-5-13(11-14)16-12-15-7-4-10-19-15/h3-7,10-11,16H,2,8-9,12H2,1H3. The summed E-state index contributed by atoms with van der Waals surface area (Å²) in [5.41, 5.74) is 1.07. The van der Waals surface area contributed by atoms with E-state index in [1.165, 1.54) is 4.88 Å². The zero-order valence-electron chi connectivity index (χ0n) is 11.1. The molecule has 0 unspecified atom stereocenters. The molecule has 1 aromatic carbocycles. The largest absolute Gasteiger partial charge is 0.491 e. The van der Waals surface area contributed by atoms with Crippen LogP contribution in [0.15, 0.2) is 41.8 Å². The molecule has 3 nitrogen and oxygen atoms in total. The van der Waals surface area contributed by atoms with E-state index in [1.807, 2.05) is 31.2 Å². The van der Waals surface area contributed by atoms with Crippen LogP contribution in [-0.2, 0) is 11.3 Å². The van der Waals surface area contributed by atoms with E-state index >= 15 is 0 Å². The number of rotatable bonds is 8. The molecule has 0 radical (unpaired) electrons. The molecule has 0 fully saturated rings. The fourth-order valence-electron chi connectivity index (χ4n) is 1.66. The van der Waals surface area contributed by atoms with E-state index in [-0.39, 0.29) is 0 Å².